The molecule has 2 heterocycles. The molecule has 9 rings (SSSR count). The van der Waals surface area contributed by atoms with Crippen LogP contribution >= 0.6 is 71.5 Å². The quantitative estimate of drug-likeness (QED) is 0.0839. The SMILES string of the molecule is O=C(OCc1ccccc1)c1c2nc(C=C3C(=S)c4ccccc4C3=S)sc2c(C(=O)OCc2ccccc2)c2nc(C=C3C(=S)c4ccccc4C3=S)sc12. The van der Waals surface area contributed by atoms with Crippen molar-refractivity contribution in [2.45, 2.75) is 13.2 Å². The van der Waals surface area contributed by atoms with Crippen molar-refractivity contribution < 1.29 is 19.1 Å². The molecule has 0 fully saturated rings. The second-order valence-corrected chi connectivity index (χ2v) is 16.6. The Morgan fingerprint density at radius 1 is 0.500 bits per heavy atom. The van der Waals surface area contributed by atoms with Gasteiger partial charge in [-0.05, 0) is 23.3 Å². The number of fused-ring (bicyclic) bond motifs is 4. The van der Waals surface area contributed by atoms with E-state index in [4.69, 9.17) is 68.3 Å². The highest BCUT2D eigenvalue weighted by molar-refractivity contribution is 7.84. The van der Waals surface area contributed by atoms with Crippen LogP contribution in [-0.2, 0) is 22.7 Å². The first kappa shape index (κ1) is 36.3. The number of esters is 2. The molecule has 2 aliphatic carbocycles. The standard InChI is InChI=1S/C44H24N2O4S6/c47-43(49-21-23-11-3-1-4-12-23)33-35-42(56-31(45-35)19-29-37(51)25-15-7-8-16-26(25)38(29)52)34(44(48)50-22-24-13-5-2-6-14-24)36-41(33)55-32(46-36)20-30-39(53)27-17-9-10-18-28(27)40(30)54/h1-20H,21-22H2. The lowest BCUT2D eigenvalue weighted by Gasteiger charge is -2.10. The number of thiocarbonyl (C=S) groups is 4. The third-order valence-electron chi connectivity index (χ3n) is 9.40. The van der Waals surface area contributed by atoms with Crippen molar-refractivity contribution in [2.75, 3.05) is 0 Å². The molecular formula is C44H24N2O4S6. The number of allylic oxidation sites excluding steroid dienone is 2. The molecule has 6 nitrogen and oxygen atoms in total. The van der Waals surface area contributed by atoms with Crippen LogP contribution < -0.4 is 0 Å². The number of ether oxygens (including phenoxy) is 2. The van der Waals surface area contributed by atoms with Crippen LogP contribution in [0.4, 0.5) is 0 Å². The number of carbonyl (C=O) groups is 2. The number of hydrogen-bond acceptors (Lipinski definition) is 12. The van der Waals surface area contributed by atoms with Crippen molar-refractivity contribution in [1.29, 1.82) is 0 Å². The van der Waals surface area contributed by atoms with Crippen molar-refractivity contribution in [3.63, 3.8) is 0 Å². The van der Waals surface area contributed by atoms with E-state index in [0.29, 0.717) is 50.0 Å². The summed E-state index contributed by atoms with van der Waals surface area (Å²) in [5.41, 5.74) is 7.46. The number of rotatable bonds is 8. The highest BCUT2D eigenvalue weighted by Crippen LogP contribution is 2.42. The number of hydrogen-bond donors (Lipinski definition) is 0. The Kier molecular flexibility index (Phi) is 9.70. The Labute approximate surface area is 350 Å². The van der Waals surface area contributed by atoms with Crippen LogP contribution in [0.1, 0.15) is 64.1 Å². The molecule has 12 heteroatoms. The summed E-state index contributed by atoms with van der Waals surface area (Å²) in [6.45, 7) is 0.0593. The van der Waals surface area contributed by atoms with Gasteiger partial charge in [0.15, 0.2) is 0 Å². The summed E-state index contributed by atoms with van der Waals surface area (Å²) in [7, 11) is 0. The van der Waals surface area contributed by atoms with E-state index in [-0.39, 0.29) is 35.4 Å². The van der Waals surface area contributed by atoms with E-state index in [0.717, 1.165) is 33.4 Å². The molecule has 0 aliphatic heterocycles. The molecule has 0 unspecified atom stereocenters. The first-order valence-electron chi connectivity index (χ1n) is 17.3. The summed E-state index contributed by atoms with van der Waals surface area (Å²) in [6.07, 6.45) is 3.65. The van der Waals surface area contributed by atoms with E-state index in [1.807, 2.05) is 121 Å². The highest BCUT2D eigenvalue weighted by atomic mass is 32.1. The number of nitrogens with zero attached hydrogens (tertiary/aromatic N) is 2. The monoisotopic (exact) mass is 836 g/mol. The molecule has 0 spiro atoms. The summed E-state index contributed by atoms with van der Waals surface area (Å²) < 4.78 is 12.7. The zero-order valence-electron chi connectivity index (χ0n) is 28.9. The fraction of sp³-hybridized carbons (Fsp3) is 0.0455. The van der Waals surface area contributed by atoms with Gasteiger partial charge in [0.2, 0.25) is 0 Å². The Morgan fingerprint density at radius 3 is 1.16 bits per heavy atom. The molecule has 0 N–H and O–H groups in total. The van der Waals surface area contributed by atoms with Gasteiger partial charge in [-0.15, -0.1) is 22.7 Å². The van der Waals surface area contributed by atoms with Gasteiger partial charge in [-0.3, -0.25) is 0 Å². The summed E-state index contributed by atoms with van der Waals surface area (Å²) >= 11 is 25.9. The van der Waals surface area contributed by atoms with Crippen molar-refractivity contribution in [1.82, 2.24) is 9.97 Å². The minimum Gasteiger partial charge on any atom is -0.457 e. The first-order valence-corrected chi connectivity index (χ1v) is 20.5. The van der Waals surface area contributed by atoms with E-state index < -0.39 is 11.9 Å². The van der Waals surface area contributed by atoms with Crippen LogP contribution in [0, 0.1) is 0 Å². The molecule has 7 aromatic rings. The third kappa shape index (κ3) is 6.47. The molecule has 2 aromatic heterocycles. The molecule has 0 amide bonds. The van der Waals surface area contributed by atoms with Gasteiger partial charge in [0.05, 0.1) is 39.9 Å². The summed E-state index contributed by atoms with van der Waals surface area (Å²) in [4.78, 5) is 41.1. The summed E-state index contributed by atoms with van der Waals surface area (Å²) in [6, 6.07) is 34.3. The summed E-state index contributed by atoms with van der Waals surface area (Å²) in [5, 5.41) is 1.00. The Balaban J connectivity index is 1.23. The Morgan fingerprint density at radius 2 is 0.821 bits per heavy atom. The third-order valence-corrected chi connectivity index (χ3v) is 13.2. The maximum absolute atomic E-state index is 14.3. The van der Waals surface area contributed by atoms with Crippen molar-refractivity contribution in [2.24, 2.45) is 0 Å². The van der Waals surface area contributed by atoms with Gasteiger partial charge in [0, 0.05) is 33.4 Å². The molecule has 0 saturated carbocycles. The predicted octanol–water partition coefficient (Wildman–Crippen LogP) is 10.7. The van der Waals surface area contributed by atoms with Crippen LogP contribution in [0.3, 0.4) is 0 Å². The van der Waals surface area contributed by atoms with Gasteiger partial charge in [-0.25, -0.2) is 19.6 Å². The highest BCUT2D eigenvalue weighted by Gasteiger charge is 2.32. The topological polar surface area (TPSA) is 78.4 Å². The number of carbonyl (C=O) groups excluding carboxylic acids is 2. The van der Waals surface area contributed by atoms with Gasteiger partial charge >= 0.3 is 11.9 Å². The van der Waals surface area contributed by atoms with Crippen LogP contribution in [0.2, 0.25) is 0 Å². The van der Waals surface area contributed by atoms with E-state index in [2.05, 4.69) is 0 Å². The smallest absolute Gasteiger partial charge is 0.342 e. The lowest BCUT2D eigenvalue weighted by Crippen LogP contribution is -2.10. The second-order valence-electron chi connectivity index (χ2n) is 12.9. The van der Waals surface area contributed by atoms with E-state index in [1.54, 1.807) is 0 Å². The van der Waals surface area contributed by atoms with E-state index in [1.165, 1.54) is 22.7 Å². The van der Waals surface area contributed by atoms with Crippen LogP contribution in [0.5, 0.6) is 0 Å². The molecule has 2 aliphatic rings. The van der Waals surface area contributed by atoms with Gasteiger partial charge in [0.25, 0.3) is 0 Å². The zero-order valence-corrected chi connectivity index (χ0v) is 33.8. The average Bonchev–Trinajstić information content (AvgIpc) is 3.96. The lowest BCUT2D eigenvalue weighted by atomic mass is 10.1. The van der Waals surface area contributed by atoms with Gasteiger partial charge in [0.1, 0.15) is 34.4 Å². The fourth-order valence-electron chi connectivity index (χ4n) is 6.71. The van der Waals surface area contributed by atoms with Crippen molar-refractivity contribution >= 4 is 136 Å². The molecule has 0 atom stereocenters. The maximum atomic E-state index is 14.3. The first-order chi connectivity index (χ1) is 27.3. The average molecular weight is 837 g/mol. The minimum absolute atomic E-state index is 0.0296. The number of benzene rings is 5. The summed E-state index contributed by atoms with van der Waals surface area (Å²) in [5.74, 6) is -1.22. The lowest BCUT2D eigenvalue weighted by molar-refractivity contribution is 0.0465. The second kappa shape index (κ2) is 15.0. The molecule has 0 bridgehead atoms. The number of aromatic nitrogens is 2. The normalized spacial score (nSPS) is 13.4. The molecule has 56 heavy (non-hydrogen) atoms. The minimum atomic E-state index is -0.612. The largest absolute Gasteiger partial charge is 0.457 e. The molecule has 0 radical (unpaired) electrons. The Hall–Kier alpha value is -5.34. The van der Waals surface area contributed by atoms with Crippen molar-refractivity contribution in [3.8, 4) is 0 Å². The molecular weight excluding hydrogens is 813 g/mol. The molecule has 270 valence electrons. The van der Waals surface area contributed by atoms with Crippen LogP contribution in [0.25, 0.3) is 32.6 Å². The van der Waals surface area contributed by atoms with Gasteiger partial charge < -0.3 is 9.47 Å². The fourth-order valence-corrected chi connectivity index (χ4v) is 10.3. The van der Waals surface area contributed by atoms with Gasteiger partial charge in [-0.1, -0.05) is 158 Å². The van der Waals surface area contributed by atoms with E-state index in [9.17, 15) is 9.59 Å². The Bertz CT molecular complexity index is 2600. The van der Waals surface area contributed by atoms with Crippen molar-refractivity contribution in [3.05, 3.63) is 175 Å². The van der Waals surface area contributed by atoms with E-state index >= 15 is 0 Å². The maximum Gasteiger partial charge on any atom is 0.342 e. The van der Waals surface area contributed by atoms with Crippen LogP contribution in [-0.4, -0.2) is 41.4 Å². The van der Waals surface area contributed by atoms with Gasteiger partial charge in [-0.2, -0.15) is 0 Å². The number of thiazole rings is 2. The molecule has 5 aromatic carbocycles. The van der Waals surface area contributed by atoms with Crippen LogP contribution in [0.15, 0.2) is 120 Å². The predicted molar refractivity (Wildman–Crippen MR) is 240 cm³/mol. The zero-order chi connectivity index (χ0) is 38.5. The molecule has 0 saturated heterocycles.